The number of aliphatic hydroxyl groups excluding tert-OH is 2. The first-order chi connectivity index (χ1) is 8.52. The Bertz CT molecular complexity index is 440. The minimum absolute atomic E-state index is 0.249. The molecule has 1 rings (SSSR count). The average Bonchev–Trinajstić information content (AvgIpc) is 2.37. The van der Waals surface area contributed by atoms with Gasteiger partial charge in [0.1, 0.15) is 12.7 Å². The average molecular weight is 254 g/mol. The molecule has 98 valence electrons. The van der Waals surface area contributed by atoms with Crippen LogP contribution in [0, 0.1) is 0 Å². The number of hydrogen-bond donors (Lipinski definition) is 4. The SMILES string of the molecule is O=C(C=Cc1ccc(O)c(O)c1)OCC(O)CO. The van der Waals surface area contributed by atoms with Gasteiger partial charge < -0.3 is 25.2 Å². The normalized spacial score (nSPS) is 12.6. The fraction of sp³-hybridized carbons (Fsp3) is 0.250. The summed E-state index contributed by atoms with van der Waals surface area (Å²) in [6.45, 7) is -0.774. The number of phenolic OH excluding ortho intramolecular Hbond substituents is 2. The molecule has 4 N–H and O–H groups in total. The number of hydrogen-bond acceptors (Lipinski definition) is 6. The van der Waals surface area contributed by atoms with Gasteiger partial charge in [0, 0.05) is 6.08 Å². The minimum Gasteiger partial charge on any atom is -0.504 e. The van der Waals surface area contributed by atoms with Crippen molar-refractivity contribution in [3.05, 3.63) is 29.8 Å². The molecule has 0 aliphatic rings. The Kier molecular flexibility index (Phi) is 5.16. The molecule has 0 spiro atoms. The molecule has 0 saturated heterocycles. The Morgan fingerprint density at radius 3 is 2.67 bits per heavy atom. The summed E-state index contributed by atoms with van der Waals surface area (Å²) < 4.78 is 4.62. The van der Waals surface area contributed by atoms with Gasteiger partial charge in [-0.05, 0) is 23.8 Å². The number of aromatic hydroxyl groups is 2. The lowest BCUT2D eigenvalue weighted by molar-refractivity contribution is -0.141. The fourth-order valence-electron chi connectivity index (χ4n) is 1.09. The molecule has 0 amide bonds. The van der Waals surface area contributed by atoms with E-state index in [0.29, 0.717) is 5.56 Å². The molecule has 1 aromatic carbocycles. The molecular formula is C12H14O6. The molecule has 0 aromatic heterocycles. The van der Waals surface area contributed by atoms with E-state index < -0.39 is 18.7 Å². The number of esters is 1. The van der Waals surface area contributed by atoms with E-state index in [-0.39, 0.29) is 18.1 Å². The van der Waals surface area contributed by atoms with Crippen molar-refractivity contribution in [3.8, 4) is 11.5 Å². The van der Waals surface area contributed by atoms with E-state index >= 15 is 0 Å². The lowest BCUT2D eigenvalue weighted by Gasteiger charge is -2.06. The highest BCUT2D eigenvalue weighted by atomic mass is 16.5. The van der Waals surface area contributed by atoms with Crippen LogP contribution in [0.2, 0.25) is 0 Å². The third-order valence-corrected chi connectivity index (χ3v) is 2.04. The second-order valence-corrected chi connectivity index (χ2v) is 3.55. The summed E-state index contributed by atoms with van der Waals surface area (Å²) in [4.78, 5) is 11.2. The molecule has 6 nitrogen and oxygen atoms in total. The molecule has 0 saturated carbocycles. The van der Waals surface area contributed by atoms with Gasteiger partial charge in [0.2, 0.25) is 0 Å². The maximum Gasteiger partial charge on any atom is 0.330 e. The molecule has 1 atom stereocenters. The van der Waals surface area contributed by atoms with Crippen LogP contribution < -0.4 is 0 Å². The van der Waals surface area contributed by atoms with E-state index in [1.807, 2.05) is 0 Å². The summed E-state index contributed by atoms with van der Waals surface area (Å²) >= 11 is 0. The van der Waals surface area contributed by atoms with Gasteiger partial charge in [-0.3, -0.25) is 0 Å². The lowest BCUT2D eigenvalue weighted by Crippen LogP contribution is -2.21. The maximum absolute atomic E-state index is 11.2. The minimum atomic E-state index is -1.10. The summed E-state index contributed by atoms with van der Waals surface area (Å²) in [6, 6.07) is 4.07. The van der Waals surface area contributed by atoms with Gasteiger partial charge in [0.05, 0.1) is 6.61 Å². The van der Waals surface area contributed by atoms with Crippen LogP contribution in [0.5, 0.6) is 11.5 Å². The Labute approximate surface area is 103 Å². The van der Waals surface area contributed by atoms with E-state index in [1.54, 1.807) is 0 Å². The van der Waals surface area contributed by atoms with Gasteiger partial charge in [0.25, 0.3) is 0 Å². The van der Waals surface area contributed by atoms with Crippen LogP contribution in [0.3, 0.4) is 0 Å². The molecular weight excluding hydrogens is 240 g/mol. The molecule has 1 aromatic rings. The van der Waals surface area contributed by atoms with Crippen molar-refractivity contribution < 1.29 is 30.0 Å². The van der Waals surface area contributed by atoms with Crippen molar-refractivity contribution in [1.82, 2.24) is 0 Å². The standard InChI is InChI=1S/C12H14O6/c13-6-9(14)7-18-12(17)4-2-8-1-3-10(15)11(16)5-8/h1-5,9,13-16H,6-7H2. The zero-order valence-electron chi connectivity index (χ0n) is 9.48. The molecule has 0 aliphatic heterocycles. The summed E-state index contributed by atoms with van der Waals surface area (Å²) in [6.07, 6.45) is 1.39. The van der Waals surface area contributed by atoms with Crippen LogP contribution >= 0.6 is 0 Å². The van der Waals surface area contributed by atoms with E-state index in [0.717, 1.165) is 6.08 Å². The van der Waals surface area contributed by atoms with Crippen LogP contribution in [-0.4, -0.2) is 45.7 Å². The molecule has 0 radical (unpaired) electrons. The van der Waals surface area contributed by atoms with Crippen LogP contribution in [-0.2, 0) is 9.53 Å². The predicted molar refractivity (Wildman–Crippen MR) is 62.9 cm³/mol. The quantitative estimate of drug-likeness (QED) is 0.335. The first kappa shape index (κ1) is 14.0. The summed E-state index contributed by atoms with van der Waals surface area (Å²) in [5.41, 5.74) is 0.505. The van der Waals surface area contributed by atoms with Gasteiger partial charge in [-0.15, -0.1) is 0 Å². The molecule has 0 bridgehead atoms. The zero-order valence-corrected chi connectivity index (χ0v) is 9.48. The van der Waals surface area contributed by atoms with Crippen molar-refractivity contribution in [3.63, 3.8) is 0 Å². The number of carbonyl (C=O) groups excluding carboxylic acids is 1. The van der Waals surface area contributed by atoms with Crippen molar-refractivity contribution in [1.29, 1.82) is 0 Å². The van der Waals surface area contributed by atoms with Gasteiger partial charge in [-0.1, -0.05) is 6.07 Å². The number of rotatable bonds is 5. The van der Waals surface area contributed by atoms with E-state index in [2.05, 4.69) is 4.74 Å². The van der Waals surface area contributed by atoms with Crippen molar-refractivity contribution in [2.75, 3.05) is 13.2 Å². The fourth-order valence-corrected chi connectivity index (χ4v) is 1.09. The second-order valence-electron chi connectivity index (χ2n) is 3.55. The third-order valence-electron chi connectivity index (χ3n) is 2.04. The first-order valence-corrected chi connectivity index (χ1v) is 5.18. The van der Waals surface area contributed by atoms with Gasteiger partial charge >= 0.3 is 5.97 Å². The zero-order chi connectivity index (χ0) is 13.5. The topological polar surface area (TPSA) is 107 Å². The van der Waals surface area contributed by atoms with Gasteiger partial charge in [0.15, 0.2) is 11.5 Å². The molecule has 0 fully saturated rings. The van der Waals surface area contributed by atoms with Crippen LogP contribution in [0.4, 0.5) is 0 Å². The van der Waals surface area contributed by atoms with Gasteiger partial charge in [-0.25, -0.2) is 4.79 Å². The Morgan fingerprint density at radius 1 is 1.33 bits per heavy atom. The maximum atomic E-state index is 11.2. The molecule has 0 heterocycles. The molecule has 18 heavy (non-hydrogen) atoms. The summed E-state index contributed by atoms with van der Waals surface area (Å²) in [5.74, 6) is -1.22. The Balaban J connectivity index is 2.53. The number of benzene rings is 1. The Morgan fingerprint density at radius 2 is 2.06 bits per heavy atom. The van der Waals surface area contributed by atoms with E-state index in [1.165, 1.54) is 24.3 Å². The number of aliphatic hydroxyl groups is 2. The van der Waals surface area contributed by atoms with Crippen LogP contribution in [0.25, 0.3) is 6.08 Å². The third kappa shape index (κ3) is 4.44. The highest BCUT2D eigenvalue weighted by Crippen LogP contribution is 2.25. The highest BCUT2D eigenvalue weighted by molar-refractivity contribution is 5.87. The molecule has 0 aliphatic carbocycles. The van der Waals surface area contributed by atoms with Crippen LogP contribution in [0.1, 0.15) is 5.56 Å². The first-order valence-electron chi connectivity index (χ1n) is 5.18. The second kappa shape index (κ2) is 6.63. The lowest BCUT2D eigenvalue weighted by atomic mass is 10.2. The Hall–Kier alpha value is -2.05. The van der Waals surface area contributed by atoms with Crippen molar-refractivity contribution in [2.45, 2.75) is 6.10 Å². The summed E-state index contributed by atoms with van der Waals surface area (Å²) in [5, 5.41) is 35.7. The predicted octanol–water partition coefficient (Wildman–Crippen LogP) is 0.00740. The number of carbonyl (C=O) groups is 1. The largest absolute Gasteiger partial charge is 0.504 e. The monoisotopic (exact) mass is 254 g/mol. The molecule has 1 unspecified atom stereocenters. The highest BCUT2D eigenvalue weighted by Gasteiger charge is 2.05. The van der Waals surface area contributed by atoms with Crippen molar-refractivity contribution in [2.24, 2.45) is 0 Å². The smallest absolute Gasteiger partial charge is 0.330 e. The van der Waals surface area contributed by atoms with E-state index in [9.17, 15) is 9.90 Å². The number of ether oxygens (including phenoxy) is 1. The van der Waals surface area contributed by atoms with Crippen LogP contribution in [0.15, 0.2) is 24.3 Å². The molecule has 6 heteroatoms. The number of phenols is 2. The summed E-state index contributed by atoms with van der Waals surface area (Å²) in [7, 11) is 0. The van der Waals surface area contributed by atoms with Gasteiger partial charge in [-0.2, -0.15) is 0 Å². The van der Waals surface area contributed by atoms with Crippen molar-refractivity contribution >= 4 is 12.0 Å². The van der Waals surface area contributed by atoms with E-state index in [4.69, 9.17) is 15.3 Å².